The van der Waals surface area contributed by atoms with Crippen LogP contribution in [-0.2, 0) is 0 Å². The average Bonchev–Trinajstić information content (AvgIpc) is 3.15. The second-order valence-electron chi connectivity index (χ2n) is 6.97. The van der Waals surface area contributed by atoms with Crippen LogP contribution in [0.1, 0.15) is 34.9 Å². The Labute approximate surface area is 172 Å². The van der Waals surface area contributed by atoms with Crippen LogP contribution in [0.5, 0.6) is 5.75 Å². The maximum Gasteiger partial charge on any atom is 0.347 e. The summed E-state index contributed by atoms with van der Waals surface area (Å²) in [5.74, 6) is 1.19. The van der Waals surface area contributed by atoms with Crippen molar-refractivity contribution in [2.45, 2.75) is 18.8 Å². The molecule has 1 aromatic heterocycles. The highest BCUT2D eigenvalue weighted by molar-refractivity contribution is 6.31. The van der Waals surface area contributed by atoms with Crippen LogP contribution in [0.2, 0.25) is 5.02 Å². The zero-order valence-electron chi connectivity index (χ0n) is 16.0. The molecular weight excluding hydrogens is 392 g/mol. The minimum absolute atomic E-state index is 0.0828. The molecule has 1 fully saturated rings. The molecule has 0 unspecified atom stereocenters. The van der Waals surface area contributed by atoms with Gasteiger partial charge in [-0.1, -0.05) is 29.8 Å². The van der Waals surface area contributed by atoms with E-state index in [0.29, 0.717) is 48.1 Å². The molecule has 1 amide bonds. The van der Waals surface area contributed by atoms with Crippen LogP contribution in [0.4, 0.5) is 0 Å². The predicted molar refractivity (Wildman–Crippen MR) is 110 cm³/mol. The fraction of sp³-hybridized carbons (Fsp3) is 0.286. The molecule has 0 atom stereocenters. The van der Waals surface area contributed by atoms with Crippen LogP contribution in [0, 0.1) is 0 Å². The molecule has 0 radical (unpaired) electrons. The summed E-state index contributed by atoms with van der Waals surface area (Å²) >= 11 is 6.07. The zero-order valence-corrected chi connectivity index (χ0v) is 16.7. The van der Waals surface area contributed by atoms with E-state index >= 15 is 0 Å². The number of carbonyl (C=O) groups is 1. The number of hydrogen-bond acceptors (Lipinski definition) is 4. The van der Waals surface area contributed by atoms with Gasteiger partial charge in [-0.05, 0) is 43.2 Å². The summed E-state index contributed by atoms with van der Waals surface area (Å²) in [6, 6.07) is 14.5. The molecule has 0 bridgehead atoms. The second-order valence-corrected chi connectivity index (χ2v) is 7.41. The minimum Gasteiger partial charge on any atom is -0.496 e. The van der Waals surface area contributed by atoms with Gasteiger partial charge < -0.3 is 9.64 Å². The van der Waals surface area contributed by atoms with E-state index in [9.17, 15) is 9.59 Å². The fourth-order valence-electron chi connectivity index (χ4n) is 3.77. The molecule has 3 aromatic rings. The Bertz CT molecular complexity index is 1070. The summed E-state index contributed by atoms with van der Waals surface area (Å²) in [5, 5.41) is 7.32. The molecule has 29 heavy (non-hydrogen) atoms. The van der Waals surface area contributed by atoms with Gasteiger partial charge in [0.15, 0.2) is 0 Å². The van der Waals surface area contributed by atoms with Crippen LogP contribution in [-0.4, -0.2) is 45.8 Å². The van der Waals surface area contributed by atoms with Crippen molar-refractivity contribution in [3.8, 4) is 11.4 Å². The van der Waals surface area contributed by atoms with E-state index in [1.165, 1.54) is 7.11 Å². The Kier molecular flexibility index (Phi) is 5.40. The minimum atomic E-state index is -0.256. The largest absolute Gasteiger partial charge is 0.496 e. The number of halogens is 1. The first-order valence-corrected chi connectivity index (χ1v) is 9.82. The zero-order chi connectivity index (χ0) is 20.4. The molecular formula is C21H21ClN4O3. The number of piperidine rings is 1. The van der Waals surface area contributed by atoms with Crippen molar-refractivity contribution in [1.82, 2.24) is 19.7 Å². The third-order valence-corrected chi connectivity index (χ3v) is 5.49. The first-order chi connectivity index (χ1) is 14.1. The summed E-state index contributed by atoms with van der Waals surface area (Å²) in [7, 11) is 1.53. The molecule has 2 heterocycles. The van der Waals surface area contributed by atoms with Gasteiger partial charge >= 0.3 is 5.69 Å². The lowest BCUT2D eigenvalue weighted by Gasteiger charge is -2.32. The van der Waals surface area contributed by atoms with Gasteiger partial charge in [-0.2, -0.15) is 5.10 Å². The molecule has 1 aliphatic rings. The summed E-state index contributed by atoms with van der Waals surface area (Å²) in [6.07, 6.45) is 1.43. The topological polar surface area (TPSA) is 80.2 Å². The van der Waals surface area contributed by atoms with Gasteiger partial charge in [0.25, 0.3) is 5.91 Å². The highest BCUT2D eigenvalue weighted by Crippen LogP contribution is 2.30. The number of ether oxygens (including phenoxy) is 1. The maximum atomic E-state index is 13.0. The number of nitrogens with zero attached hydrogens (tertiary/aromatic N) is 3. The summed E-state index contributed by atoms with van der Waals surface area (Å²) < 4.78 is 6.93. The van der Waals surface area contributed by atoms with Gasteiger partial charge in [-0.3, -0.25) is 4.79 Å². The number of hydrogen-bond donors (Lipinski definition) is 1. The van der Waals surface area contributed by atoms with Crippen LogP contribution in [0.25, 0.3) is 5.69 Å². The number of methoxy groups -OCH3 is 1. The lowest BCUT2D eigenvalue weighted by molar-refractivity contribution is 0.0707. The van der Waals surface area contributed by atoms with Crippen molar-refractivity contribution >= 4 is 17.5 Å². The monoisotopic (exact) mass is 412 g/mol. The Morgan fingerprint density at radius 1 is 1.17 bits per heavy atom. The third kappa shape index (κ3) is 3.78. The van der Waals surface area contributed by atoms with E-state index in [1.807, 2.05) is 30.3 Å². The number of rotatable bonds is 4. The van der Waals surface area contributed by atoms with E-state index in [1.54, 1.807) is 27.7 Å². The van der Waals surface area contributed by atoms with Gasteiger partial charge in [0.2, 0.25) is 0 Å². The van der Waals surface area contributed by atoms with E-state index < -0.39 is 0 Å². The van der Waals surface area contributed by atoms with Gasteiger partial charge in [0.1, 0.15) is 11.6 Å². The van der Waals surface area contributed by atoms with E-state index in [0.717, 1.165) is 5.69 Å². The molecule has 0 aliphatic carbocycles. The summed E-state index contributed by atoms with van der Waals surface area (Å²) in [6.45, 7) is 1.13. The predicted octanol–water partition coefficient (Wildman–Crippen LogP) is 3.24. The SMILES string of the molecule is COc1ccc(Cl)cc1C(=O)N1CCC(c2n[nH]c(=O)n2-c2ccccc2)CC1. The number of benzene rings is 2. The molecule has 7 nitrogen and oxygen atoms in total. The first kappa shape index (κ1) is 19.3. The fourth-order valence-corrected chi connectivity index (χ4v) is 3.94. The molecule has 1 N–H and O–H groups in total. The smallest absolute Gasteiger partial charge is 0.347 e. The quantitative estimate of drug-likeness (QED) is 0.713. The van der Waals surface area contributed by atoms with Gasteiger partial charge in [-0.15, -0.1) is 0 Å². The van der Waals surface area contributed by atoms with Crippen LogP contribution >= 0.6 is 11.6 Å². The normalized spacial score (nSPS) is 14.8. The Morgan fingerprint density at radius 2 is 1.90 bits per heavy atom. The number of carbonyl (C=O) groups excluding carboxylic acids is 1. The molecule has 1 aliphatic heterocycles. The molecule has 0 saturated carbocycles. The standard InChI is InChI=1S/C21H21ClN4O3/c1-29-18-8-7-15(22)13-17(18)20(27)25-11-9-14(10-12-25)19-23-24-21(28)26(19)16-5-3-2-4-6-16/h2-8,13-14H,9-12H2,1H3,(H,24,28). The Morgan fingerprint density at radius 3 is 2.59 bits per heavy atom. The van der Waals surface area contributed by atoms with Crippen molar-refractivity contribution < 1.29 is 9.53 Å². The van der Waals surface area contributed by atoms with E-state index in [2.05, 4.69) is 10.2 Å². The highest BCUT2D eigenvalue weighted by atomic mass is 35.5. The second kappa shape index (κ2) is 8.13. The lowest BCUT2D eigenvalue weighted by Crippen LogP contribution is -2.38. The number of amides is 1. The summed E-state index contributed by atoms with van der Waals surface area (Å²) in [5.41, 5.74) is 0.983. The summed E-state index contributed by atoms with van der Waals surface area (Å²) in [4.78, 5) is 27.1. The third-order valence-electron chi connectivity index (χ3n) is 5.25. The highest BCUT2D eigenvalue weighted by Gasteiger charge is 2.29. The Hall–Kier alpha value is -3.06. The lowest BCUT2D eigenvalue weighted by atomic mass is 9.95. The number of likely N-dealkylation sites (tertiary alicyclic amines) is 1. The van der Waals surface area contributed by atoms with Crippen molar-refractivity contribution in [3.63, 3.8) is 0 Å². The molecule has 2 aromatic carbocycles. The van der Waals surface area contributed by atoms with Crippen molar-refractivity contribution in [1.29, 1.82) is 0 Å². The molecule has 8 heteroatoms. The van der Waals surface area contributed by atoms with Crippen molar-refractivity contribution in [2.75, 3.05) is 20.2 Å². The number of aromatic amines is 1. The van der Waals surface area contributed by atoms with Crippen LogP contribution < -0.4 is 10.4 Å². The Balaban J connectivity index is 1.52. The van der Waals surface area contributed by atoms with Crippen LogP contribution in [0.15, 0.2) is 53.3 Å². The van der Waals surface area contributed by atoms with E-state index in [4.69, 9.17) is 16.3 Å². The maximum absolute atomic E-state index is 13.0. The molecule has 150 valence electrons. The molecule has 4 rings (SSSR count). The number of para-hydroxylation sites is 1. The van der Waals surface area contributed by atoms with Gasteiger partial charge in [0.05, 0.1) is 18.4 Å². The molecule has 1 saturated heterocycles. The average molecular weight is 413 g/mol. The van der Waals surface area contributed by atoms with Gasteiger partial charge in [-0.25, -0.2) is 14.5 Å². The van der Waals surface area contributed by atoms with E-state index in [-0.39, 0.29) is 17.5 Å². The number of aromatic nitrogens is 3. The van der Waals surface area contributed by atoms with Crippen molar-refractivity contribution in [3.05, 3.63) is 75.4 Å². The van der Waals surface area contributed by atoms with Crippen LogP contribution in [0.3, 0.4) is 0 Å². The molecule has 0 spiro atoms. The number of H-pyrrole nitrogens is 1. The number of nitrogens with one attached hydrogen (secondary N) is 1. The first-order valence-electron chi connectivity index (χ1n) is 9.44. The van der Waals surface area contributed by atoms with Crippen molar-refractivity contribution in [2.24, 2.45) is 0 Å². The van der Waals surface area contributed by atoms with Gasteiger partial charge in [0, 0.05) is 24.0 Å².